The number of thioether (sulfide) groups is 1. The van der Waals surface area contributed by atoms with Crippen molar-refractivity contribution >= 4 is 17.7 Å². The fourth-order valence-corrected chi connectivity index (χ4v) is 4.53. The summed E-state index contributed by atoms with van der Waals surface area (Å²) in [5.74, 6) is 0.853. The van der Waals surface area contributed by atoms with Crippen LogP contribution in [0.2, 0.25) is 0 Å². The first-order chi connectivity index (χ1) is 16.9. The van der Waals surface area contributed by atoms with E-state index in [0.29, 0.717) is 16.7 Å². The second-order valence-corrected chi connectivity index (χ2v) is 9.53. The van der Waals surface area contributed by atoms with E-state index in [2.05, 4.69) is 15.5 Å². The molecule has 6 nitrogen and oxygen atoms in total. The molecule has 1 aromatic heterocycles. The van der Waals surface area contributed by atoms with Crippen LogP contribution in [0.15, 0.2) is 78.0 Å². The van der Waals surface area contributed by atoms with E-state index in [4.69, 9.17) is 4.74 Å². The Labute approximate surface area is 208 Å². The van der Waals surface area contributed by atoms with Gasteiger partial charge in [0.2, 0.25) is 5.91 Å². The Morgan fingerprint density at radius 3 is 2.37 bits per heavy atom. The molecular formula is C27H27FN4O2S. The number of amides is 1. The van der Waals surface area contributed by atoms with Crippen LogP contribution in [0, 0.1) is 12.7 Å². The first kappa shape index (κ1) is 24.5. The van der Waals surface area contributed by atoms with Crippen molar-refractivity contribution in [2.24, 2.45) is 0 Å². The van der Waals surface area contributed by atoms with Gasteiger partial charge in [-0.15, -0.1) is 10.2 Å². The van der Waals surface area contributed by atoms with Crippen LogP contribution >= 0.6 is 11.8 Å². The van der Waals surface area contributed by atoms with Gasteiger partial charge < -0.3 is 10.1 Å². The number of carbonyl (C=O) groups excluding carboxylic acids is 1. The summed E-state index contributed by atoms with van der Waals surface area (Å²) in [6, 6.07) is 21.6. The number of rotatable bonds is 8. The molecule has 4 aromatic rings. The number of methoxy groups -OCH3 is 1. The predicted octanol–water partition coefficient (Wildman–Crippen LogP) is 5.75. The van der Waals surface area contributed by atoms with Gasteiger partial charge in [0, 0.05) is 5.69 Å². The molecule has 4 rings (SSSR count). The number of aromatic nitrogens is 3. The van der Waals surface area contributed by atoms with E-state index in [0.717, 1.165) is 22.4 Å². The minimum absolute atomic E-state index is 0.149. The number of nitrogens with one attached hydrogen (secondary N) is 1. The van der Waals surface area contributed by atoms with Gasteiger partial charge in [-0.1, -0.05) is 53.7 Å². The van der Waals surface area contributed by atoms with Crippen LogP contribution in [-0.4, -0.2) is 33.0 Å². The molecule has 1 amide bonds. The van der Waals surface area contributed by atoms with Crippen LogP contribution in [0.5, 0.6) is 5.75 Å². The van der Waals surface area contributed by atoms with E-state index in [1.807, 2.05) is 73.9 Å². The number of ether oxygens (including phenoxy) is 1. The topological polar surface area (TPSA) is 69.0 Å². The molecule has 0 bridgehead atoms. The van der Waals surface area contributed by atoms with Crippen LogP contribution in [-0.2, 0) is 4.79 Å². The van der Waals surface area contributed by atoms with E-state index >= 15 is 0 Å². The molecule has 2 unspecified atom stereocenters. The smallest absolute Gasteiger partial charge is 0.233 e. The first-order valence-corrected chi connectivity index (χ1v) is 12.1. The quantitative estimate of drug-likeness (QED) is 0.319. The van der Waals surface area contributed by atoms with Gasteiger partial charge in [0.25, 0.3) is 0 Å². The Morgan fingerprint density at radius 1 is 1.00 bits per heavy atom. The van der Waals surface area contributed by atoms with Crippen molar-refractivity contribution in [3.8, 4) is 22.8 Å². The second kappa shape index (κ2) is 10.7. The summed E-state index contributed by atoms with van der Waals surface area (Å²) in [5.41, 5.74) is 3.66. The Balaban J connectivity index is 1.62. The Bertz CT molecular complexity index is 1310. The fourth-order valence-electron chi connectivity index (χ4n) is 3.65. The summed E-state index contributed by atoms with van der Waals surface area (Å²) in [6.07, 6.45) is 0. The number of para-hydroxylation sites is 1. The van der Waals surface area contributed by atoms with Gasteiger partial charge in [-0.2, -0.15) is 0 Å². The highest BCUT2D eigenvalue weighted by molar-refractivity contribution is 8.00. The van der Waals surface area contributed by atoms with Gasteiger partial charge in [-0.3, -0.25) is 9.36 Å². The van der Waals surface area contributed by atoms with Gasteiger partial charge >= 0.3 is 0 Å². The van der Waals surface area contributed by atoms with Crippen LogP contribution < -0.4 is 10.1 Å². The van der Waals surface area contributed by atoms with E-state index < -0.39 is 5.25 Å². The lowest BCUT2D eigenvalue weighted by molar-refractivity contribution is -0.120. The number of hydrogen-bond donors (Lipinski definition) is 1. The zero-order valence-electron chi connectivity index (χ0n) is 20.0. The monoisotopic (exact) mass is 490 g/mol. The van der Waals surface area contributed by atoms with Crippen molar-refractivity contribution in [1.29, 1.82) is 0 Å². The maximum absolute atomic E-state index is 13.2. The number of aryl methyl sites for hydroxylation is 1. The molecule has 0 saturated carbocycles. The van der Waals surface area contributed by atoms with E-state index in [1.54, 1.807) is 19.2 Å². The van der Waals surface area contributed by atoms with Crippen molar-refractivity contribution in [2.75, 3.05) is 7.11 Å². The lowest BCUT2D eigenvalue weighted by Gasteiger charge is -2.18. The van der Waals surface area contributed by atoms with Gasteiger partial charge in [0.05, 0.1) is 24.0 Å². The largest absolute Gasteiger partial charge is 0.496 e. The molecule has 2 atom stereocenters. The number of hydrogen-bond acceptors (Lipinski definition) is 5. The third-order valence-electron chi connectivity index (χ3n) is 5.65. The normalized spacial score (nSPS) is 12.7. The molecule has 0 saturated heterocycles. The average molecular weight is 491 g/mol. The van der Waals surface area contributed by atoms with Crippen LogP contribution in [0.3, 0.4) is 0 Å². The van der Waals surface area contributed by atoms with Crippen molar-refractivity contribution in [3.05, 3.63) is 89.7 Å². The molecule has 0 aliphatic rings. The number of nitrogens with zero attached hydrogens (tertiary/aromatic N) is 3. The Kier molecular flexibility index (Phi) is 7.51. The summed E-state index contributed by atoms with van der Waals surface area (Å²) in [6.45, 7) is 5.73. The molecular weight excluding hydrogens is 463 g/mol. The molecule has 1 N–H and O–H groups in total. The molecule has 0 radical (unpaired) electrons. The van der Waals surface area contributed by atoms with Gasteiger partial charge in [0.15, 0.2) is 11.0 Å². The minimum Gasteiger partial charge on any atom is -0.496 e. The maximum Gasteiger partial charge on any atom is 0.233 e. The van der Waals surface area contributed by atoms with Crippen molar-refractivity contribution < 1.29 is 13.9 Å². The lowest BCUT2D eigenvalue weighted by atomic mass is 10.1. The third kappa shape index (κ3) is 5.54. The fraction of sp³-hybridized carbons (Fsp3) is 0.222. The number of halogens is 1. The van der Waals surface area contributed by atoms with E-state index in [9.17, 15) is 9.18 Å². The second-order valence-electron chi connectivity index (χ2n) is 8.22. The number of benzene rings is 3. The van der Waals surface area contributed by atoms with Gasteiger partial charge in [-0.05, 0) is 62.7 Å². The van der Waals surface area contributed by atoms with E-state index in [-0.39, 0.29) is 17.8 Å². The standard InChI is InChI=1S/C27H27FN4O2S/c1-17-9-15-22(16-10-17)32-25(23-7-5-6-8-24(23)34-4)30-31-27(32)35-19(3)26(33)29-18(2)20-11-13-21(28)14-12-20/h5-16,18-19H,1-4H3,(H,29,33). The molecule has 180 valence electrons. The van der Waals surface area contributed by atoms with Crippen LogP contribution in [0.4, 0.5) is 4.39 Å². The first-order valence-electron chi connectivity index (χ1n) is 11.3. The summed E-state index contributed by atoms with van der Waals surface area (Å²) >= 11 is 1.32. The SMILES string of the molecule is COc1ccccc1-c1nnc(SC(C)C(=O)NC(C)c2ccc(F)cc2)n1-c1ccc(C)cc1. The molecule has 1 heterocycles. The van der Waals surface area contributed by atoms with Crippen molar-refractivity contribution in [3.63, 3.8) is 0 Å². The number of carbonyl (C=O) groups is 1. The van der Waals surface area contributed by atoms with Gasteiger partial charge in [0.1, 0.15) is 11.6 Å². The summed E-state index contributed by atoms with van der Waals surface area (Å²) in [5, 5.41) is 12.0. The Hall–Kier alpha value is -3.65. The summed E-state index contributed by atoms with van der Waals surface area (Å²) in [4.78, 5) is 13.0. The maximum atomic E-state index is 13.2. The molecule has 0 aliphatic carbocycles. The zero-order chi connectivity index (χ0) is 24.9. The summed E-state index contributed by atoms with van der Waals surface area (Å²) in [7, 11) is 1.62. The molecule has 3 aromatic carbocycles. The molecule has 35 heavy (non-hydrogen) atoms. The molecule has 0 fully saturated rings. The minimum atomic E-state index is -0.447. The predicted molar refractivity (Wildman–Crippen MR) is 136 cm³/mol. The average Bonchev–Trinajstić information content (AvgIpc) is 3.27. The van der Waals surface area contributed by atoms with Crippen LogP contribution in [0.1, 0.15) is 31.0 Å². The zero-order valence-corrected chi connectivity index (χ0v) is 20.8. The van der Waals surface area contributed by atoms with Gasteiger partial charge in [-0.25, -0.2) is 4.39 Å². The highest BCUT2D eigenvalue weighted by Crippen LogP contribution is 2.34. The highest BCUT2D eigenvalue weighted by Gasteiger charge is 2.24. The van der Waals surface area contributed by atoms with Crippen molar-refractivity contribution in [2.45, 2.75) is 37.2 Å². The third-order valence-corrected chi connectivity index (χ3v) is 6.70. The van der Waals surface area contributed by atoms with Crippen molar-refractivity contribution in [1.82, 2.24) is 20.1 Å². The molecule has 0 aliphatic heterocycles. The molecule has 8 heteroatoms. The van der Waals surface area contributed by atoms with Crippen LogP contribution in [0.25, 0.3) is 17.1 Å². The highest BCUT2D eigenvalue weighted by atomic mass is 32.2. The molecule has 0 spiro atoms. The summed E-state index contributed by atoms with van der Waals surface area (Å²) < 4.78 is 20.7. The Morgan fingerprint density at radius 2 is 1.69 bits per heavy atom. The lowest BCUT2D eigenvalue weighted by Crippen LogP contribution is -2.33. The van der Waals surface area contributed by atoms with E-state index in [1.165, 1.54) is 23.9 Å².